The molecule has 11 nitrogen and oxygen atoms in total. The first-order valence-electron chi connectivity index (χ1n) is 10.8. The molecule has 12 heteroatoms. The number of allylic oxidation sites excluding steroid dienone is 1. The summed E-state index contributed by atoms with van der Waals surface area (Å²) in [6.45, 7) is 9.45. The molecule has 2 heterocycles. The van der Waals surface area contributed by atoms with Crippen LogP contribution >= 0.6 is 11.6 Å². The zero-order chi connectivity index (χ0) is 25.8. The van der Waals surface area contributed by atoms with Gasteiger partial charge in [0.15, 0.2) is 5.82 Å². The fourth-order valence-corrected chi connectivity index (χ4v) is 3.44. The highest BCUT2D eigenvalue weighted by Crippen LogP contribution is 2.33. The quantitative estimate of drug-likeness (QED) is 0.415. The van der Waals surface area contributed by atoms with Crippen molar-refractivity contribution in [3.63, 3.8) is 0 Å². The number of anilines is 1. The number of carbonyl (C=O) groups excluding carboxylic acids is 1. The smallest absolute Gasteiger partial charge is 0.293 e. The molecule has 1 amide bonds. The maximum absolute atomic E-state index is 12.7. The minimum atomic E-state index is -0.456. The van der Waals surface area contributed by atoms with E-state index >= 15 is 0 Å². The first-order chi connectivity index (χ1) is 16.5. The Labute approximate surface area is 208 Å². The Morgan fingerprint density at radius 1 is 1.26 bits per heavy atom. The lowest BCUT2D eigenvalue weighted by atomic mass is 9.97. The Kier molecular flexibility index (Phi) is 7.80. The van der Waals surface area contributed by atoms with Gasteiger partial charge in [-0.25, -0.2) is 9.97 Å². The number of hydrogen-bond acceptors (Lipinski definition) is 10. The second kappa shape index (κ2) is 10.6. The molecule has 1 aromatic carbocycles. The summed E-state index contributed by atoms with van der Waals surface area (Å²) in [5, 5.41) is 10.1. The van der Waals surface area contributed by atoms with Crippen molar-refractivity contribution < 1.29 is 9.32 Å². The van der Waals surface area contributed by atoms with Gasteiger partial charge in [-0.1, -0.05) is 49.7 Å². The fraction of sp³-hybridized carbons (Fsp3) is 0.348. The van der Waals surface area contributed by atoms with Gasteiger partial charge in [0.1, 0.15) is 6.33 Å². The minimum Gasteiger partial charge on any atom is -0.403 e. The summed E-state index contributed by atoms with van der Waals surface area (Å²) >= 11 is 6.69. The average molecular weight is 498 g/mol. The Bertz CT molecular complexity index is 1280. The molecule has 4 N–H and O–H groups in total. The van der Waals surface area contributed by atoms with Crippen LogP contribution in [0.2, 0.25) is 5.02 Å². The van der Waals surface area contributed by atoms with Crippen molar-refractivity contribution in [1.29, 1.82) is 0 Å². The van der Waals surface area contributed by atoms with Crippen LogP contribution < -0.4 is 16.4 Å². The monoisotopic (exact) mass is 497 g/mol. The maximum Gasteiger partial charge on any atom is 0.293 e. The summed E-state index contributed by atoms with van der Waals surface area (Å²) in [7, 11) is 1.63. The van der Waals surface area contributed by atoms with Crippen LogP contribution in [0.4, 0.5) is 5.95 Å². The van der Waals surface area contributed by atoms with Crippen LogP contribution in [0.25, 0.3) is 11.4 Å². The molecule has 0 aliphatic rings. The molecule has 1 unspecified atom stereocenters. The molecule has 0 saturated heterocycles. The lowest BCUT2D eigenvalue weighted by molar-refractivity contribution is 0.0926. The largest absolute Gasteiger partial charge is 0.403 e. The molecule has 184 valence electrons. The van der Waals surface area contributed by atoms with Gasteiger partial charge in [0.2, 0.25) is 11.8 Å². The number of benzene rings is 1. The molecule has 3 aromatic rings. The molecule has 0 aliphatic carbocycles. The number of amides is 1. The van der Waals surface area contributed by atoms with Crippen LogP contribution in [-0.4, -0.2) is 44.3 Å². The minimum absolute atomic E-state index is 0.0320. The molecule has 0 saturated carbocycles. The SMILES string of the molecule is CN=C/C(=C\N)Nc1ncnc(-c2ccc(C(C)NC(=O)c3noc(C(C)(C)C)n3)c(Cl)c2C)n1. The normalized spacial score (nSPS) is 13.2. The van der Waals surface area contributed by atoms with E-state index in [-0.39, 0.29) is 11.2 Å². The molecular weight excluding hydrogens is 470 g/mol. The molecule has 35 heavy (non-hydrogen) atoms. The van der Waals surface area contributed by atoms with Crippen LogP contribution in [0.15, 0.2) is 39.9 Å². The van der Waals surface area contributed by atoms with Gasteiger partial charge in [-0.05, 0) is 25.0 Å². The number of rotatable bonds is 7. The first kappa shape index (κ1) is 25.8. The third-order valence-corrected chi connectivity index (χ3v) is 5.52. The summed E-state index contributed by atoms with van der Waals surface area (Å²) in [4.78, 5) is 33.6. The van der Waals surface area contributed by atoms with E-state index in [1.54, 1.807) is 13.3 Å². The second-order valence-corrected chi connectivity index (χ2v) is 9.15. The van der Waals surface area contributed by atoms with E-state index in [1.807, 2.05) is 46.8 Å². The highest BCUT2D eigenvalue weighted by molar-refractivity contribution is 6.32. The van der Waals surface area contributed by atoms with Gasteiger partial charge in [0.25, 0.3) is 11.7 Å². The van der Waals surface area contributed by atoms with E-state index in [9.17, 15) is 4.79 Å². The van der Waals surface area contributed by atoms with Crippen LogP contribution in [0.5, 0.6) is 0 Å². The van der Waals surface area contributed by atoms with E-state index in [1.165, 1.54) is 12.5 Å². The lowest BCUT2D eigenvalue weighted by Gasteiger charge is -2.18. The number of nitrogens with zero attached hydrogens (tertiary/aromatic N) is 6. The summed E-state index contributed by atoms with van der Waals surface area (Å²) in [6, 6.07) is 3.25. The van der Waals surface area contributed by atoms with Crippen molar-refractivity contribution in [3.8, 4) is 11.4 Å². The van der Waals surface area contributed by atoms with Crippen LogP contribution in [-0.2, 0) is 5.41 Å². The topological polar surface area (TPSA) is 157 Å². The zero-order valence-electron chi connectivity index (χ0n) is 20.4. The van der Waals surface area contributed by atoms with Crippen molar-refractivity contribution in [2.45, 2.75) is 46.1 Å². The number of aromatic nitrogens is 5. The van der Waals surface area contributed by atoms with E-state index < -0.39 is 11.9 Å². The second-order valence-electron chi connectivity index (χ2n) is 8.78. The summed E-state index contributed by atoms with van der Waals surface area (Å²) < 4.78 is 5.21. The number of nitrogens with two attached hydrogens (primary N) is 1. The number of carbonyl (C=O) groups is 1. The van der Waals surface area contributed by atoms with Crippen molar-refractivity contribution in [2.75, 3.05) is 12.4 Å². The van der Waals surface area contributed by atoms with Crippen LogP contribution in [0, 0.1) is 6.92 Å². The Morgan fingerprint density at radius 2 is 2.00 bits per heavy atom. The fourth-order valence-electron chi connectivity index (χ4n) is 3.11. The van der Waals surface area contributed by atoms with Gasteiger partial charge in [-0.15, -0.1) is 0 Å². The van der Waals surface area contributed by atoms with Gasteiger partial charge >= 0.3 is 0 Å². The molecule has 2 aromatic heterocycles. The van der Waals surface area contributed by atoms with Crippen molar-refractivity contribution in [1.82, 2.24) is 30.4 Å². The Morgan fingerprint density at radius 3 is 2.63 bits per heavy atom. The Hall–Kier alpha value is -3.86. The maximum atomic E-state index is 12.7. The van der Waals surface area contributed by atoms with Gasteiger partial charge in [-0.2, -0.15) is 9.97 Å². The van der Waals surface area contributed by atoms with Crippen molar-refractivity contribution in [2.24, 2.45) is 10.7 Å². The average Bonchev–Trinajstić information content (AvgIpc) is 3.32. The van der Waals surface area contributed by atoms with Crippen LogP contribution in [0.3, 0.4) is 0 Å². The van der Waals surface area contributed by atoms with E-state index in [4.69, 9.17) is 21.9 Å². The van der Waals surface area contributed by atoms with Gasteiger partial charge in [-0.3, -0.25) is 9.79 Å². The highest BCUT2D eigenvalue weighted by atomic mass is 35.5. The number of halogens is 1. The molecule has 0 radical (unpaired) electrons. The van der Waals surface area contributed by atoms with E-state index in [2.05, 4.69) is 40.7 Å². The Balaban J connectivity index is 1.82. The van der Waals surface area contributed by atoms with Crippen molar-refractivity contribution >= 4 is 29.7 Å². The lowest BCUT2D eigenvalue weighted by Crippen LogP contribution is -2.28. The summed E-state index contributed by atoms with van der Waals surface area (Å²) in [5.41, 5.74) is 7.96. The number of nitrogens with one attached hydrogen (secondary N) is 2. The standard InChI is InChI=1S/C23H28ClN9O2/c1-12-15(18-27-11-28-22(32-18)30-14(9-25)10-26-6)7-8-16(17(12)24)13(2)29-20(34)19-31-21(35-33-19)23(3,4)5/h7-11,13H,25H2,1-6H3,(H,29,34)(H,27,28,30,32)/b14-9+,26-10?. The molecule has 0 spiro atoms. The molecule has 0 aliphatic heterocycles. The molecule has 0 fully saturated rings. The summed E-state index contributed by atoms with van der Waals surface area (Å²) in [5.74, 6) is 0.631. The molecule has 3 rings (SSSR count). The number of aliphatic imine (C=N–C) groups is 1. The highest BCUT2D eigenvalue weighted by Gasteiger charge is 2.25. The summed E-state index contributed by atoms with van der Waals surface area (Å²) in [6.07, 6.45) is 4.30. The van der Waals surface area contributed by atoms with E-state index in [0.717, 1.165) is 16.7 Å². The third kappa shape index (κ3) is 5.99. The number of hydrogen-bond donors (Lipinski definition) is 3. The molecule has 1 atom stereocenters. The van der Waals surface area contributed by atoms with Gasteiger partial charge in [0, 0.05) is 35.5 Å². The van der Waals surface area contributed by atoms with Crippen LogP contribution in [0.1, 0.15) is 61.4 Å². The molecular formula is C23H28ClN9O2. The van der Waals surface area contributed by atoms with E-state index in [0.29, 0.717) is 28.4 Å². The molecule has 0 bridgehead atoms. The first-order valence-corrected chi connectivity index (χ1v) is 11.2. The zero-order valence-corrected chi connectivity index (χ0v) is 21.2. The third-order valence-electron chi connectivity index (χ3n) is 5.02. The predicted octanol–water partition coefficient (Wildman–Crippen LogP) is 3.58. The van der Waals surface area contributed by atoms with Gasteiger partial charge < -0.3 is 20.9 Å². The predicted molar refractivity (Wildman–Crippen MR) is 134 cm³/mol. The van der Waals surface area contributed by atoms with Crippen molar-refractivity contribution in [3.05, 3.63) is 58.2 Å². The van der Waals surface area contributed by atoms with Gasteiger partial charge in [0.05, 0.1) is 11.7 Å².